The van der Waals surface area contributed by atoms with Crippen molar-refractivity contribution in [2.24, 2.45) is 5.92 Å². The third-order valence-corrected chi connectivity index (χ3v) is 5.87. The fourth-order valence-electron chi connectivity index (χ4n) is 4.18. The number of hydrogen-bond acceptors (Lipinski definition) is 6. The van der Waals surface area contributed by atoms with Crippen LogP contribution in [0.1, 0.15) is 35.2 Å². The number of anilines is 2. The second-order valence-corrected chi connectivity index (χ2v) is 7.66. The summed E-state index contributed by atoms with van der Waals surface area (Å²) in [5.41, 5.74) is 2.62. The minimum atomic E-state index is -0.374. The van der Waals surface area contributed by atoms with Gasteiger partial charge in [0.05, 0.1) is 12.0 Å². The molecule has 0 atom stereocenters. The summed E-state index contributed by atoms with van der Waals surface area (Å²) in [5.74, 6) is 0.592. The number of nitrogens with zero attached hydrogens (tertiary/aromatic N) is 2. The number of fused-ring (bicyclic) bond motifs is 1. The molecule has 8 nitrogen and oxygen atoms in total. The zero-order valence-corrected chi connectivity index (χ0v) is 16.7. The number of carbonyl (C=O) groups is 2. The van der Waals surface area contributed by atoms with E-state index in [0.29, 0.717) is 61.5 Å². The fraction of sp³-hybridized carbons (Fsp3) is 0.364. The lowest BCUT2D eigenvalue weighted by Gasteiger charge is -2.33. The minimum absolute atomic E-state index is 0.0461. The third kappa shape index (κ3) is 3.85. The van der Waals surface area contributed by atoms with Gasteiger partial charge in [-0.25, -0.2) is 0 Å². The van der Waals surface area contributed by atoms with Crippen LogP contribution in [-0.2, 0) is 11.2 Å². The molecular formula is C22H23N3O5. The monoisotopic (exact) mass is 409 g/mol. The van der Waals surface area contributed by atoms with E-state index < -0.39 is 0 Å². The first-order valence-electron chi connectivity index (χ1n) is 10.0. The van der Waals surface area contributed by atoms with Crippen molar-refractivity contribution in [3.8, 4) is 5.75 Å². The molecule has 2 aliphatic rings. The van der Waals surface area contributed by atoms with E-state index in [4.69, 9.17) is 4.74 Å². The van der Waals surface area contributed by atoms with Crippen molar-refractivity contribution in [2.45, 2.75) is 25.7 Å². The van der Waals surface area contributed by atoms with Crippen LogP contribution in [0.2, 0.25) is 0 Å². The van der Waals surface area contributed by atoms with E-state index in [1.54, 1.807) is 43.5 Å². The number of piperidine rings is 1. The summed E-state index contributed by atoms with van der Waals surface area (Å²) >= 11 is 0. The third-order valence-electron chi connectivity index (χ3n) is 5.87. The summed E-state index contributed by atoms with van der Waals surface area (Å²) in [7, 11) is 1.58. The molecule has 2 aromatic rings. The predicted octanol–water partition coefficient (Wildman–Crippen LogP) is 3.59. The van der Waals surface area contributed by atoms with E-state index in [-0.39, 0.29) is 28.2 Å². The van der Waals surface area contributed by atoms with E-state index in [1.165, 1.54) is 0 Å². The molecule has 1 fully saturated rings. The standard InChI is InChI=1S/C22H23N3O5/c1-30-17-5-2-14(3-6-17)22(27)15-8-10-24(11-9-15)19-13-18-16(4-7-21(26)23-18)12-20(19)25(28)29/h2-3,5-6,12-13,15H,4,7-11H2,1H3,(H,23,26). The smallest absolute Gasteiger partial charge is 0.292 e. The molecule has 1 amide bonds. The van der Waals surface area contributed by atoms with E-state index >= 15 is 0 Å². The van der Waals surface area contributed by atoms with Crippen molar-refractivity contribution in [1.82, 2.24) is 0 Å². The van der Waals surface area contributed by atoms with E-state index in [2.05, 4.69) is 5.32 Å². The molecule has 8 heteroatoms. The highest BCUT2D eigenvalue weighted by Crippen LogP contribution is 2.38. The number of aryl methyl sites for hydroxylation is 1. The molecule has 0 bridgehead atoms. The first-order chi connectivity index (χ1) is 14.5. The van der Waals surface area contributed by atoms with Gasteiger partial charge in [0.1, 0.15) is 11.4 Å². The molecule has 2 aromatic carbocycles. The maximum absolute atomic E-state index is 12.8. The van der Waals surface area contributed by atoms with E-state index in [1.807, 2.05) is 4.90 Å². The molecule has 4 rings (SSSR count). The van der Waals surface area contributed by atoms with Gasteiger partial charge in [-0.05, 0) is 55.2 Å². The number of benzene rings is 2. The Morgan fingerprint density at radius 1 is 1.17 bits per heavy atom. The number of rotatable bonds is 5. The van der Waals surface area contributed by atoms with Crippen molar-refractivity contribution in [2.75, 3.05) is 30.4 Å². The first-order valence-corrected chi connectivity index (χ1v) is 10.0. The zero-order valence-electron chi connectivity index (χ0n) is 16.7. The van der Waals surface area contributed by atoms with E-state index in [0.717, 1.165) is 5.56 Å². The molecule has 0 aromatic heterocycles. The number of amides is 1. The number of nitro groups is 1. The number of nitrogens with one attached hydrogen (secondary N) is 1. The van der Waals surface area contributed by atoms with Crippen LogP contribution in [0.25, 0.3) is 0 Å². The molecule has 1 N–H and O–H groups in total. The van der Waals surface area contributed by atoms with Gasteiger partial charge in [0.2, 0.25) is 5.91 Å². The predicted molar refractivity (Wildman–Crippen MR) is 112 cm³/mol. The van der Waals surface area contributed by atoms with Crippen LogP contribution in [0.4, 0.5) is 17.1 Å². The van der Waals surface area contributed by atoms with Crippen LogP contribution in [0.3, 0.4) is 0 Å². The molecule has 0 aliphatic carbocycles. The number of carbonyl (C=O) groups excluding carboxylic acids is 2. The second kappa shape index (κ2) is 8.14. The van der Waals surface area contributed by atoms with Crippen molar-refractivity contribution < 1.29 is 19.2 Å². The summed E-state index contributed by atoms with van der Waals surface area (Å²) in [6, 6.07) is 10.4. The maximum Gasteiger partial charge on any atom is 0.292 e. The Bertz CT molecular complexity index is 995. The zero-order chi connectivity index (χ0) is 21.3. The topological polar surface area (TPSA) is 102 Å². The van der Waals surface area contributed by atoms with Crippen molar-refractivity contribution in [1.29, 1.82) is 0 Å². The van der Waals surface area contributed by atoms with Crippen LogP contribution in [-0.4, -0.2) is 36.8 Å². The van der Waals surface area contributed by atoms with Crippen LogP contribution in [0.5, 0.6) is 5.75 Å². The summed E-state index contributed by atoms with van der Waals surface area (Å²) < 4.78 is 5.13. The van der Waals surface area contributed by atoms with Gasteiger partial charge in [-0.15, -0.1) is 0 Å². The van der Waals surface area contributed by atoms with Crippen LogP contribution >= 0.6 is 0 Å². The van der Waals surface area contributed by atoms with Gasteiger partial charge in [0, 0.05) is 42.7 Å². The highest BCUT2D eigenvalue weighted by molar-refractivity contribution is 5.98. The molecule has 0 unspecified atom stereocenters. The lowest BCUT2D eigenvalue weighted by Crippen LogP contribution is -2.37. The summed E-state index contributed by atoms with van der Waals surface area (Å²) in [6.07, 6.45) is 2.07. The highest BCUT2D eigenvalue weighted by atomic mass is 16.6. The molecule has 0 spiro atoms. The largest absolute Gasteiger partial charge is 0.497 e. The number of ketones is 1. The Morgan fingerprint density at radius 2 is 1.87 bits per heavy atom. The normalized spacial score (nSPS) is 16.6. The van der Waals surface area contributed by atoms with Crippen molar-refractivity contribution >= 4 is 28.8 Å². The number of nitro benzene ring substituents is 1. The molecule has 156 valence electrons. The molecule has 0 saturated carbocycles. The lowest BCUT2D eigenvalue weighted by molar-refractivity contribution is -0.384. The summed E-state index contributed by atoms with van der Waals surface area (Å²) in [5, 5.41) is 14.5. The maximum atomic E-state index is 12.8. The Balaban J connectivity index is 1.50. The molecule has 30 heavy (non-hydrogen) atoms. The van der Waals surface area contributed by atoms with Gasteiger partial charge in [0.25, 0.3) is 5.69 Å². The van der Waals surface area contributed by atoms with Gasteiger partial charge in [0.15, 0.2) is 5.78 Å². The Hall–Kier alpha value is -3.42. The van der Waals surface area contributed by atoms with Gasteiger partial charge >= 0.3 is 0 Å². The quantitative estimate of drug-likeness (QED) is 0.460. The van der Waals surface area contributed by atoms with Crippen molar-refractivity contribution in [3.63, 3.8) is 0 Å². The molecule has 1 saturated heterocycles. The molecular weight excluding hydrogens is 386 g/mol. The Morgan fingerprint density at radius 3 is 2.50 bits per heavy atom. The van der Waals surface area contributed by atoms with Crippen LogP contribution in [0.15, 0.2) is 36.4 Å². The van der Waals surface area contributed by atoms with Gasteiger partial charge in [-0.3, -0.25) is 19.7 Å². The second-order valence-electron chi connectivity index (χ2n) is 7.66. The van der Waals surface area contributed by atoms with Gasteiger partial charge < -0.3 is 15.0 Å². The number of methoxy groups -OCH3 is 1. The minimum Gasteiger partial charge on any atom is -0.497 e. The average Bonchev–Trinajstić information content (AvgIpc) is 2.77. The fourth-order valence-corrected chi connectivity index (χ4v) is 4.18. The molecule has 2 heterocycles. The van der Waals surface area contributed by atoms with Gasteiger partial charge in [-0.1, -0.05) is 0 Å². The molecule has 0 radical (unpaired) electrons. The van der Waals surface area contributed by atoms with E-state index in [9.17, 15) is 19.7 Å². The highest BCUT2D eigenvalue weighted by Gasteiger charge is 2.30. The SMILES string of the molecule is COc1ccc(C(=O)C2CCN(c3cc4c(cc3[N+](=O)[O-])CCC(=O)N4)CC2)cc1. The Kier molecular flexibility index (Phi) is 5.39. The van der Waals surface area contributed by atoms with Crippen molar-refractivity contribution in [3.05, 3.63) is 57.6 Å². The number of hydrogen-bond donors (Lipinski definition) is 1. The average molecular weight is 409 g/mol. The van der Waals surface area contributed by atoms with Crippen LogP contribution < -0.4 is 15.0 Å². The lowest BCUT2D eigenvalue weighted by atomic mass is 9.88. The Labute approximate surface area is 174 Å². The summed E-state index contributed by atoms with van der Waals surface area (Å²) in [6.45, 7) is 1.08. The number of Topliss-reactive ketones (excluding diaryl/α,β-unsaturated/α-hetero) is 1. The first kappa shape index (κ1) is 19.9. The van der Waals surface area contributed by atoms with Gasteiger partial charge in [-0.2, -0.15) is 0 Å². The number of ether oxygens (including phenoxy) is 1. The van der Waals surface area contributed by atoms with Crippen LogP contribution in [0, 0.1) is 16.0 Å². The summed E-state index contributed by atoms with van der Waals surface area (Å²) in [4.78, 5) is 37.8. The molecule has 2 aliphatic heterocycles.